The summed E-state index contributed by atoms with van der Waals surface area (Å²) in [7, 11) is -10.0. The van der Waals surface area contributed by atoms with Gasteiger partial charge in [0.25, 0.3) is 0 Å². The molecule has 0 bridgehead atoms. The van der Waals surface area contributed by atoms with Crippen LogP contribution in [0.5, 0.6) is 0 Å². The van der Waals surface area contributed by atoms with Gasteiger partial charge in [-0.2, -0.15) is 0 Å². The first-order chi connectivity index (χ1) is 24.9. The van der Waals surface area contributed by atoms with E-state index in [4.69, 9.17) is 22.4 Å². The van der Waals surface area contributed by atoms with Crippen LogP contribution in [0.4, 0.5) is 0 Å². The first-order valence-electron chi connectivity index (χ1n) is 19.6. The van der Waals surface area contributed by atoms with Gasteiger partial charge in [-0.1, -0.05) is 0 Å². The van der Waals surface area contributed by atoms with Crippen LogP contribution in [-0.4, -0.2) is 84.3 Å². The molecular weight excluding hydrogens is 800 g/mol. The average molecular weight is 870 g/mol. The summed E-state index contributed by atoms with van der Waals surface area (Å²) >= 11 is -0.118. The third-order valence-electron chi connectivity index (χ3n) is 12.5. The zero-order valence-corrected chi connectivity index (χ0v) is 41.7. The minimum atomic E-state index is -3.09. The molecule has 0 saturated carbocycles. The van der Waals surface area contributed by atoms with Crippen LogP contribution in [0.2, 0.25) is 54.4 Å². The predicted octanol–water partition coefficient (Wildman–Crippen LogP) is 9.41. The molecule has 5 nitrogen and oxygen atoms in total. The van der Waals surface area contributed by atoms with Crippen LogP contribution in [0.15, 0.2) is 103 Å². The first-order valence-corrected chi connectivity index (χ1v) is 32.2. The summed E-state index contributed by atoms with van der Waals surface area (Å²) in [5.41, 5.74) is 2.10. The Morgan fingerprint density at radius 2 is 0.981 bits per heavy atom. The molecule has 10 heteroatoms. The second-order valence-electron chi connectivity index (χ2n) is 19.5. The summed E-state index contributed by atoms with van der Waals surface area (Å²) < 4.78 is 39.2. The average Bonchev–Trinajstić information content (AvgIpc) is 3.08. The van der Waals surface area contributed by atoms with E-state index in [1.165, 1.54) is 4.46 Å². The summed E-state index contributed by atoms with van der Waals surface area (Å²) in [6, 6.07) is 32.1. The molecule has 3 aromatic carbocycles. The number of rotatable bonds is 14. The van der Waals surface area contributed by atoms with E-state index in [-0.39, 0.29) is 41.2 Å². The topological polar surface area (TPSA) is 46.2 Å². The SMILES string of the molecule is C=C[Si](O[C@@H]1[C@@H](O[Si](C)(C)C(C)(C)C)[C@H](O[Si](C)(C)C(C)(C)C)[C@@H](CO[Si](C)(C)C(C)(C)C)O[C@H]1[Se]c1ccccc1)(c1ccccc1)c1ccccc1. The van der Waals surface area contributed by atoms with Crippen molar-refractivity contribution in [1.29, 1.82) is 0 Å². The van der Waals surface area contributed by atoms with Gasteiger partial charge >= 0.3 is 342 Å². The molecule has 0 aromatic heterocycles. The van der Waals surface area contributed by atoms with Crippen molar-refractivity contribution in [2.75, 3.05) is 6.61 Å². The van der Waals surface area contributed by atoms with E-state index in [0.717, 1.165) is 10.4 Å². The Balaban J connectivity index is 2.02. The number of ether oxygens (including phenoxy) is 1. The summed E-state index contributed by atoms with van der Waals surface area (Å²) in [4.78, 5) is 0. The van der Waals surface area contributed by atoms with Crippen LogP contribution < -0.4 is 14.8 Å². The van der Waals surface area contributed by atoms with Crippen molar-refractivity contribution in [3.8, 4) is 0 Å². The zero-order valence-electron chi connectivity index (χ0n) is 36.0. The molecule has 0 N–H and O–H groups in total. The van der Waals surface area contributed by atoms with Crippen molar-refractivity contribution < 1.29 is 22.4 Å². The quantitative estimate of drug-likeness (QED) is 0.151. The standard InChI is InChI=1S/C44H70O5SeSi4/c1-17-54(35-29-23-19-24-30-35,36-31-25-20-26-32-36)49-40-39(48-53(15,16)44(8,9)10)38(47-52(13,14)43(5,6)7)37(33-45-51(11,12)42(2,3)4)46-41(40)50-34-27-21-18-22-28-34/h17-32,37-41H,1,33H2,2-16H3/t37-,38-,39+,40-,41+/m1/s1. The molecule has 3 aromatic rings. The summed E-state index contributed by atoms with van der Waals surface area (Å²) in [5.74, 6) is 0. The molecule has 1 fully saturated rings. The van der Waals surface area contributed by atoms with Crippen molar-refractivity contribution in [3.05, 3.63) is 103 Å². The molecule has 0 unspecified atom stereocenters. The van der Waals surface area contributed by atoms with Crippen molar-refractivity contribution in [2.45, 2.75) is 146 Å². The molecule has 1 saturated heterocycles. The number of hydrogen-bond donors (Lipinski definition) is 0. The van der Waals surface area contributed by atoms with Gasteiger partial charge < -0.3 is 0 Å². The van der Waals surface area contributed by atoms with E-state index in [9.17, 15) is 0 Å². The second kappa shape index (κ2) is 17.2. The van der Waals surface area contributed by atoms with Gasteiger partial charge in [0.2, 0.25) is 0 Å². The van der Waals surface area contributed by atoms with Gasteiger partial charge in [0.15, 0.2) is 0 Å². The van der Waals surface area contributed by atoms with Gasteiger partial charge in [0, 0.05) is 0 Å². The number of hydrogen-bond acceptors (Lipinski definition) is 5. The fraction of sp³-hybridized carbons (Fsp3) is 0.545. The van der Waals surface area contributed by atoms with Gasteiger partial charge in [0.1, 0.15) is 0 Å². The van der Waals surface area contributed by atoms with E-state index in [1.54, 1.807) is 0 Å². The summed E-state index contributed by atoms with van der Waals surface area (Å²) in [6.07, 6.45) is -1.59. The van der Waals surface area contributed by atoms with Gasteiger partial charge in [-0.25, -0.2) is 0 Å². The van der Waals surface area contributed by atoms with Crippen molar-refractivity contribution in [1.82, 2.24) is 0 Å². The normalized spacial score (nSPS) is 22.2. The summed E-state index contributed by atoms with van der Waals surface area (Å²) in [6.45, 7) is 39.8. The molecular formula is C44H70O5SeSi4. The van der Waals surface area contributed by atoms with Crippen molar-refractivity contribution >= 4 is 63.1 Å². The van der Waals surface area contributed by atoms with E-state index in [0.29, 0.717) is 6.61 Å². The Labute approximate surface area is 339 Å². The third-order valence-corrected chi connectivity index (χ3v) is 32.0. The van der Waals surface area contributed by atoms with Gasteiger partial charge in [-0.15, -0.1) is 0 Å². The van der Waals surface area contributed by atoms with Crippen molar-refractivity contribution in [3.63, 3.8) is 0 Å². The maximum atomic E-state index is 7.95. The molecule has 1 heterocycles. The third kappa shape index (κ3) is 10.4. The molecule has 0 aliphatic carbocycles. The molecule has 54 heavy (non-hydrogen) atoms. The fourth-order valence-electron chi connectivity index (χ4n) is 5.86. The molecule has 5 atom stereocenters. The summed E-state index contributed by atoms with van der Waals surface area (Å²) in [5, 5.41) is 1.99. The maximum absolute atomic E-state index is 7.95. The van der Waals surface area contributed by atoms with Crippen LogP contribution in [0.3, 0.4) is 0 Å². The Kier molecular flexibility index (Phi) is 14.4. The van der Waals surface area contributed by atoms with E-state index in [2.05, 4.69) is 205 Å². The second-order valence-corrected chi connectivity index (χ2v) is 39.5. The van der Waals surface area contributed by atoms with Gasteiger partial charge in [-0.05, 0) is 0 Å². The Hall–Kier alpha value is -1.41. The van der Waals surface area contributed by atoms with Crippen molar-refractivity contribution in [2.24, 2.45) is 0 Å². The van der Waals surface area contributed by atoms with Crippen LogP contribution in [0, 0.1) is 0 Å². The van der Waals surface area contributed by atoms with Crippen LogP contribution in [-0.2, 0) is 22.4 Å². The van der Waals surface area contributed by atoms with Crippen LogP contribution in [0.1, 0.15) is 62.3 Å². The molecule has 4 rings (SSSR count). The van der Waals surface area contributed by atoms with Crippen LogP contribution in [0.25, 0.3) is 0 Å². The Morgan fingerprint density at radius 3 is 1.39 bits per heavy atom. The molecule has 1 aliphatic rings. The monoisotopic (exact) mass is 870 g/mol. The molecule has 0 amide bonds. The molecule has 0 radical (unpaired) electrons. The van der Waals surface area contributed by atoms with E-state index in [1.807, 2.05) is 0 Å². The van der Waals surface area contributed by atoms with E-state index >= 15 is 0 Å². The molecule has 298 valence electrons. The fourth-order valence-corrected chi connectivity index (χ4v) is 15.3. The zero-order chi connectivity index (χ0) is 40.4. The minimum absolute atomic E-state index is 0.0335. The Morgan fingerprint density at radius 1 is 0.574 bits per heavy atom. The molecule has 0 spiro atoms. The first kappa shape index (κ1) is 45.3. The van der Waals surface area contributed by atoms with Gasteiger partial charge in [0.05, 0.1) is 0 Å². The Bertz CT molecular complexity index is 1590. The number of benzene rings is 3. The molecule has 1 aliphatic heterocycles. The van der Waals surface area contributed by atoms with Crippen LogP contribution >= 0.6 is 0 Å². The predicted molar refractivity (Wildman–Crippen MR) is 241 cm³/mol. The van der Waals surface area contributed by atoms with E-state index < -0.39 is 51.6 Å². The van der Waals surface area contributed by atoms with Gasteiger partial charge in [-0.3, -0.25) is 0 Å².